The highest BCUT2D eigenvalue weighted by molar-refractivity contribution is 6.12. The lowest BCUT2D eigenvalue weighted by molar-refractivity contribution is 0.478. The number of nitrogens with zero attached hydrogens (tertiary/aromatic N) is 2. The highest BCUT2D eigenvalue weighted by Crippen LogP contribution is 2.46. The predicted octanol–water partition coefficient (Wildman–Crippen LogP) is 11.0. The van der Waals surface area contributed by atoms with Crippen LogP contribution in [0, 0.1) is 0 Å². The van der Waals surface area contributed by atoms with Gasteiger partial charge in [0, 0.05) is 39.5 Å². The second-order valence-electron chi connectivity index (χ2n) is 12.9. The van der Waals surface area contributed by atoms with E-state index in [1.807, 2.05) is 0 Å². The van der Waals surface area contributed by atoms with Crippen LogP contribution in [0.1, 0.15) is 84.6 Å². The summed E-state index contributed by atoms with van der Waals surface area (Å²) in [5.74, 6) is 0. The Labute approximate surface area is 260 Å². The minimum Gasteiger partial charge on any atom is -0.336 e. The van der Waals surface area contributed by atoms with Gasteiger partial charge < -0.3 is 9.13 Å². The molecule has 5 aromatic rings. The molecular weight excluding hydrogens is 532 g/mol. The summed E-state index contributed by atoms with van der Waals surface area (Å²) in [4.78, 5) is 0. The molecule has 4 aliphatic carbocycles. The lowest BCUT2D eigenvalue weighted by Gasteiger charge is -2.28. The molecular formula is C42H38N2. The Kier molecular flexibility index (Phi) is 6.21. The topological polar surface area (TPSA) is 9.86 Å². The standard InChI is InChI=1S/C42H38N2/c1-3-13-29(14-4-1)31-17-11-19-33(27-31)43-39-23-9-7-21-35(39)37-25-26-38-36-22-8-10-24-40(36)44(42(38)41(37)43)34-20-12-18-32(28-34)30-15-5-2-6-16-30/h1-7,10,13-16,18-19,21,24-27,34H,8-9,11-12,17,20,22-23,28H2. The van der Waals surface area contributed by atoms with Crippen LogP contribution >= 0.6 is 0 Å². The highest BCUT2D eigenvalue weighted by atomic mass is 15.1. The van der Waals surface area contributed by atoms with Crippen LogP contribution in [0.15, 0.2) is 103 Å². The summed E-state index contributed by atoms with van der Waals surface area (Å²) in [6, 6.07) is 27.4. The first-order valence-electron chi connectivity index (χ1n) is 16.6. The second kappa shape index (κ2) is 10.6. The molecule has 0 saturated heterocycles. The van der Waals surface area contributed by atoms with Crippen molar-refractivity contribution in [3.63, 3.8) is 0 Å². The van der Waals surface area contributed by atoms with Crippen LogP contribution < -0.4 is 0 Å². The molecule has 1 unspecified atom stereocenters. The summed E-state index contributed by atoms with van der Waals surface area (Å²) in [5, 5.41) is 2.86. The van der Waals surface area contributed by atoms with Crippen LogP contribution in [-0.4, -0.2) is 9.13 Å². The van der Waals surface area contributed by atoms with Crippen molar-refractivity contribution in [3.05, 3.63) is 137 Å². The molecule has 2 nitrogen and oxygen atoms in total. The lowest BCUT2D eigenvalue weighted by atomic mass is 9.89. The summed E-state index contributed by atoms with van der Waals surface area (Å²) in [6.07, 6.45) is 27.1. The third kappa shape index (κ3) is 4.08. The number of allylic oxidation sites excluding steroid dienone is 8. The average molecular weight is 571 g/mol. The van der Waals surface area contributed by atoms with Crippen molar-refractivity contribution in [2.45, 2.75) is 63.8 Å². The van der Waals surface area contributed by atoms with Gasteiger partial charge in [0.05, 0.1) is 11.0 Å². The molecule has 2 heteroatoms. The number of hydrogen-bond acceptors (Lipinski definition) is 0. The molecule has 216 valence electrons. The second-order valence-corrected chi connectivity index (χ2v) is 12.9. The van der Waals surface area contributed by atoms with Crippen LogP contribution in [0.4, 0.5) is 0 Å². The van der Waals surface area contributed by atoms with E-state index in [4.69, 9.17) is 0 Å². The Morgan fingerprint density at radius 1 is 0.614 bits per heavy atom. The summed E-state index contributed by atoms with van der Waals surface area (Å²) in [5.41, 5.74) is 15.7. The third-order valence-corrected chi connectivity index (χ3v) is 10.4. The normalized spacial score (nSPS) is 19.5. The van der Waals surface area contributed by atoms with E-state index in [2.05, 4.69) is 124 Å². The van der Waals surface area contributed by atoms with Crippen LogP contribution in [0.3, 0.4) is 0 Å². The van der Waals surface area contributed by atoms with Gasteiger partial charge in [-0.15, -0.1) is 0 Å². The molecule has 1 atom stereocenters. The summed E-state index contributed by atoms with van der Waals surface area (Å²) >= 11 is 0. The van der Waals surface area contributed by atoms with E-state index in [1.54, 1.807) is 5.56 Å². The molecule has 0 bridgehead atoms. The first-order valence-corrected chi connectivity index (χ1v) is 16.6. The molecule has 4 aliphatic rings. The van der Waals surface area contributed by atoms with Crippen LogP contribution in [0.2, 0.25) is 0 Å². The minimum atomic E-state index is 0.432. The van der Waals surface area contributed by atoms with Crippen molar-refractivity contribution >= 4 is 50.8 Å². The van der Waals surface area contributed by atoms with Crippen LogP contribution in [-0.2, 0) is 12.8 Å². The largest absolute Gasteiger partial charge is 0.336 e. The Balaban J connectivity index is 1.31. The molecule has 3 aromatic carbocycles. The van der Waals surface area contributed by atoms with E-state index >= 15 is 0 Å². The Bertz CT molecular complexity index is 2070. The molecule has 9 rings (SSSR count). The lowest BCUT2D eigenvalue weighted by Crippen LogP contribution is -2.15. The highest BCUT2D eigenvalue weighted by Gasteiger charge is 2.30. The van der Waals surface area contributed by atoms with E-state index in [9.17, 15) is 0 Å². The minimum absolute atomic E-state index is 0.432. The van der Waals surface area contributed by atoms with Crippen molar-refractivity contribution in [1.82, 2.24) is 9.13 Å². The molecule has 0 saturated carbocycles. The van der Waals surface area contributed by atoms with E-state index in [-0.39, 0.29) is 0 Å². The molecule has 2 heterocycles. The zero-order chi connectivity index (χ0) is 29.0. The van der Waals surface area contributed by atoms with E-state index in [0.29, 0.717) is 6.04 Å². The summed E-state index contributed by atoms with van der Waals surface area (Å²) in [6.45, 7) is 0. The van der Waals surface area contributed by atoms with Gasteiger partial charge in [-0.2, -0.15) is 0 Å². The molecule has 0 N–H and O–H groups in total. The Morgan fingerprint density at radius 2 is 1.36 bits per heavy atom. The van der Waals surface area contributed by atoms with Crippen molar-refractivity contribution in [2.24, 2.45) is 0 Å². The molecule has 0 aliphatic heterocycles. The summed E-state index contributed by atoms with van der Waals surface area (Å²) < 4.78 is 5.47. The number of aryl methyl sites for hydroxylation is 1. The van der Waals surface area contributed by atoms with Crippen LogP contribution in [0.5, 0.6) is 0 Å². The summed E-state index contributed by atoms with van der Waals surface area (Å²) in [7, 11) is 0. The van der Waals surface area contributed by atoms with Crippen molar-refractivity contribution in [2.75, 3.05) is 0 Å². The van der Waals surface area contributed by atoms with Gasteiger partial charge in [0.15, 0.2) is 0 Å². The smallest absolute Gasteiger partial charge is 0.0782 e. The van der Waals surface area contributed by atoms with Gasteiger partial charge in [0.25, 0.3) is 0 Å². The van der Waals surface area contributed by atoms with E-state index in [1.165, 1.54) is 73.1 Å². The number of aromatic nitrogens is 2. The van der Waals surface area contributed by atoms with Crippen molar-refractivity contribution in [3.8, 4) is 0 Å². The zero-order valence-electron chi connectivity index (χ0n) is 25.3. The zero-order valence-corrected chi connectivity index (χ0v) is 25.3. The van der Waals surface area contributed by atoms with Gasteiger partial charge in [-0.3, -0.25) is 0 Å². The van der Waals surface area contributed by atoms with Crippen LogP contribution in [0.25, 0.3) is 50.8 Å². The monoisotopic (exact) mass is 570 g/mol. The van der Waals surface area contributed by atoms with Gasteiger partial charge in [-0.25, -0.2) is 0 Å². The van der Waals surface area contributed by atoms with Crippen molar-refractivity contribution in [1.29, 1.82) is 0 Å². The maximum Gasteiger partial charge on any atom is 0.0782 e. The van der Waals surface area contributed by atoms with E-state index < -0.39 is 0 Å². The fourth-order valence-electron chi connectivity index (χ4n) is 8.43. The maximum absolute atomic E-state index is 2.79. The number of fused-ring (bicyclic) bond motifs is 7. The Morgan fingerprint density at radius 3 is 2.20 bits per heavy atom. The molecule has 44 heavy (non-hydrogen) atoms. The molecule has 0 radical (unpaired) electrons. The fraction of sp³-hybridized carbons (Fsp3) is 0.238. The number of hydrogen-bond donors (Lipinski definition) is 0. The Hall–Kier alpha value is -4.56. The quantitative estimate of drug-likeness (QED) is 0.203. The SMILES string of the molecule is C1=Cc2c(c3ccc4c5c(n(C6=CCCC(c7ccccc7)=C6)c4c3n2C2CCC=C(c3ccccc3)C2)CCC=C5)CC1. The van der Waals surface area contributed by atoms with Crippen molar-refractivity contribution < 1.29 is 0 Å². The van der Waals surface area contributed by atoms with Gasteiger partial charge in [0.2, 0.25) is 0 Å². The number of rotatable bonds is 4. The van der Waals surface area contributed by atoms with Gasteiger partial charge in [-0.05, 0) is 97.8 Å². The molecule has 0 amide bonds. The number of benzene rings is 3. The molecule has 0 spiro atoms. The van der Waals surface area contributed by atoms with Gasteiger partial charge >= 0.3 is 0 Å². The first-order chi connectivity index (χ1) is 21.8. The van der Waals surface area contributed by atoms with Gasteiger partial charge in [0.1, 0.15) is 0 Å². The maximum atomic E-state index is 2.79. The first kappa shape index (κ1) is 25.9. The molecule has 0 fully saturated rings. The van der Waals surface area contributed by atoms with E-state index in [0.717, 1.165) is 51.4 Å². The molecule has 2 aromatic heterocycles. The average Bonchev–Trinajstić information content (AvgIpc) is 3.62. The predicted molar refractivity (Wildman–Crippen MR) is 187 cm³/mol. The fourth-order valence-corrected chi connectivity index (χ4v) is 8.43. The van der Waals surface area contributed by atoms with Gasteiger partial charge in [-0.1, -0.05) is 103 Å². The third-order valence-electron chi connectivity index (χ3n) is 10.4.